The normalized spacial score (nSPS) is 16.0. The van der Waals surface area contributed by atoms with Gasteiger partial charge in [0.1, 0.15) is 23.7 Å². The van der Waals surface area contributed by atoms with Crippen LogP contribution in [0.5, 0.6) is 11.5 Å². The molecule has 7 rings (SSSR count). The van der Waals surface area contributed by atoms with E-state index in [0.717, 1.165) is 38.5 Å². The Kier molecular flexibility index (Phi) is 14.8. The van der Waals surface area contributed by atoms with Gasteiger partial charge in [0.25, 0.3) is 0 Å². The summed E-state index contributed by atoms with van der Waals surface area (Å²) in [5.74, 6) is 0.873. The van der Waals surface area contributed by atoms with Gasteiger partial charge in [-0.1, -0.05) is 69.3 Å². The summed E-state index contributed by atoms with van der Waals surface area (Å²) in [7, 11) is 3.50. The minimum atomic E-state index is -0.975. The Morgan fingerprint density at radius 1 is 0.969 bits per heavy atom. The van der Waals surface area contributed by atoms with Crippen molar-refractivity contribution in [2.45, 2.75) is 91.7 Å². The number of hydrogen-bond donors (Lipinski definition) is 5. The van der Waals surface area contributed by atoms with Crippen molar-refractivity contribution in [3.8, 4) is 33.1 Å². The number of aryl methyl sites for hydroxylation is 2. The monoisotopic (exact) mass is 918 g/mol. The first-order chi connectivity index (χ1) is 31.1. The summed E-state index contributed by atoms with van der Waals surface area (Å²) in [6.45, 7) is 12.5. The zero-order valence-electron chi connectivity index (χ0n) is 38.2. The van der Waals surface area contributed by atoms with E-state index in [2.05, 4.69) is 68.9 Å². The number of amides is 3. The number of ether oxygens (including phenoxy) is 2. The van der Waals surface area contributed by atoms with Crippen LogP contribution < -0.4 is 30.7 Å². The summed E-state index contributed by atoms with van der Waals surface area (Å²) in [4.78, 5) is 58.7. The van der Waals surface area contributed by atoms with E-state index < -0.39 is 35.4 Å². The van der Waals surface area contributed by atoms with Crippen LogP contribution in [0.15, 0.2) is 77.6 Å². The van der Waals surface area contributed by atoms with Gasteiger partial charge in [-0.05, 0) is 78.6 Å². The van der Waals surface area contributed by atoms with Crippen LogP contribution >= 0.6 is 22.7 Å². The predicted molar refractivity (Wildman–Crippen MR) is 257 cm³/mol. The number of fused-ring (bicyclic) bond motifs is 1. The number of carbonyl (C=O) groups is 3. The quantitative estimate of drug-likeness (QED) is 0.0609. The summed E-state index contributed by atoms with van der Waals surface area (Å²) in [5, 5.41) is 26.3. The average Bonchev–Trinajstić information content (AvgIpc) is 4.05. The first-order valence-electron chi connectivity index (χ1n) is 21.8. The molecule has 4 heterocycles. The number of aliphatic hydroxyl groups excluding tert-OH is 1. The first kappa shape index (κ1) is 47.0. The smallest absolute Gasteiger partial charge is 0.246 e. The molecule has 5 N–H and O–H groups in total. The number of carbonyl (C=O) groups excluding carboxylic acids is 3. The lowest BCUT2D eigenvalue weighted by molar-refractivity contribution is -0.144. The van der Waals surface area contributed by atoms with E-state index in [1.54, 1.807) is 35.8 Å². The highest BCUT2D eigenvalue weighted by Gasteiger charge is 2.44. The summed E-state index contributed by atoms with van der Waals surface area (Å²) >= 11 is 3.27. The lowest BCUT2D eigenvalue weighted by Crippen LogP contribution is -2.57. The number of likely N-dealkylation sites (tertiary alicyclic amines) is 1. The SMILES string of the molecule is CNCc1ccccc1-c1csc([C@@H](C)Nc2nc(C)nc3cc(OCCC(=O)N[C@H](C(=O)N4C[C@H](O)C[C@H]4C(=O)NCc4ccc(-c5scnc5C)cc4)C(C)(C)C)c(OC)cc23)c1. The highest BCUT2D eigenvalue weighted by molar-refractivity contribution is 7.13. The van der Waals surface area contributed by atoms with Gasteiger partial charge in [-0.25, -0.2) is 15.0 Å². The molecule has 1 aliphatic rings. The standard InChI is InChI=1S/C49H58N8O6S2/c1-28(42-19-34(26-64-42)36-12-10-9-11-33(36)24-50-7)53-46-37-21-40(62-8)41(22-38(37)54-30(3)55-46)63-18-17-43(59)56-45(49(4,5)6)48(61)57-25-35(58)20-39(57)47(60)51-23-31-13-15-32(16-14-31)44-29(2)52-27-65-44/h9-16,19,21-22,26-28,35,39,45,50,58H,17-18,20,23-25H2,1-8H3,(H,51,60)(H,56,59)(H,53,54,55)/t28-,35-,39+,45-/m1/s1. The molecule has 4 atom stereocenters. The number of methoxy groups -OCH3 is 1. The molecule has 1 saturated heterocycles. The summed E-state index contributed by atoms with van der Waals surface area (Å²) in [6, 6.07) is 20.2. The van der Waals surface area contributed by atoms with Crippen LogP contribution in [0.3, 0.4) is 0 Å². The fourth-order valence-corrected chi connectivity index (χ4v) is 9.77. The van der Waals surface area contributed by atoms with E-state index in [1.165, 1.54) is 21.6 Å². The Morgan fingerprint density at radius 2 is 1.74 bits per heavy atom. The van der Waals surface area contributed by atoms with Crippen LogP contribution in [0, 0.1) is 19.3 Å². The molecule has 1 aliphatic heterocycles. The number of aliphatic hydroxyl groups is 1. The minimum absolute atomic E-state index is 0.0125. The van der Waals surface area contributed by atoms with Crippen LogP contribution in [-0.4, -0.2) is 88.2 Å². The zero-order chi connectivity index (χ0) is 46.4. The molecule has 0 aliphatic carbocycles. The molecule has 3 aromatic carbocycles. The van der Waals surface area contributed by atoms with Crippen molar-refractivity contribution in [1.82, 2.24) is 35.8 Å². The molecule has 0 saturated carbocycles. The van der Waals surface area contributed by atoms with E-state index in [4.69, 9.17) is 19.4 Å². The molecule has 16 heteroatoms. The van der Waals surface area contributed by atoms with Crippen molar-refractivity contribution in [2.75, 3.05) is 32.6 Å². The molecule has 3 aromatic heterocycles. The third kappa shape index (κ3) is 11.1. The van der Waals surface area contributed by atoms with Crippen LogP contribution in [0.2, 0.25) is 0 Å². The van der Waals surface area contributed by atoms with Crippen LogP contribution in [0.4, 0.5) is 5.82 Å². The second kappa shape index (κ2) is 20.5. The number of benzene rings is 3. The molecule has 0 bridgehead atoms. The van der Waals surface area contributed by atoms with Crippen molar-refractivity contribution in [3.63, 3.8) is 0 Å². The molecule has 1 fully saturated rings. The zero-order valence-corrected chi connectivity index (χ0v) is 39.8. The van der Waals surface area contributed by atoms with Crippen LogP contribution in [0.25, 0.3) is 32.5 Å². The van der Waals surface area contributed by atoms with Crippen molar-refractivity contribution in [1.29, 1.82) is 0 Å². The predicted octanol–water partition coefficient (Wildman–Crippen LogP) is 7.58. The molecule has 14 nitrogen and oxygen atoms in total. The number of aromatic nitrogens is 3. The average molecular weight is 919 g/mol. The largest absolute Gasteiger partial charge is 0.493 e. The third-order valence-electron chi connectivity index (χ3n) is 11.5. The fraction of sp³-hybridized carbons (Fsp3) is 0.388. The number of thiophene rings is 1. The Balaban J connectivity index is 0.972. The number of nitrogens with one attached hydrogen (secondary N) is 4. The van der Waals surface area contributed by atoms with Gasteiger partial charge in [0.2, 0.25) is 17.7 Å². The molecule has 65 heavy (non-hydrogen) atoms. The summed E-state index contributed by atoms with van der Waals surface area (Å²) < 4.78 is 11.9. The number of anilines is 1. The number of β-amino-alcohol motifs (C(OH)–C–C–N with tert-alkyl or cyclic N) is 1. The van der Waals surface area contributed by atoms with Crippen molar-refractivity contribution < 1.29 is 29.0 Å². The summed E-state index contributed by atoms with van der Waals surface area (Å²) in [5.41, 5.74) is 8.26. The Labute approximate surface area is 388 Å². The number of rotatable bonds is 17. The van der Waals surface area contributed by atoms with Gasteiger partial charge in [0, 0.05) is 42.4 Å². The second-order valence-electron chi connectivity index (χ2n) is 17.5. The highest BCUT2D eigenvalue weighted by atomic mass is 32.1. The number of thiazole rings is 1. The van der Waals surface area contributed by atoms with E-state index in [1.807, 2.05) is 77.5 Å². The van der Waals surface area contributed by atoms with Gasteiger partial charge in [-0.15, -0.1) is 22.7 Å². The maximum atomic E-state index is 14.2. The second-order valence-corrected chi connectivity index (χ2v) is 19.3. The van der Waals surface area contributed by atoms with Gasteiger partial charge in [0.05, 0.1) is 53.9 Å². The van der Waals surface area contributed by atoms with E-state index in [9.17, 15) is 19.5 Å². The van der Waals surface area contributed by atoms with Gasteiger partial charge >= 0.3 is 0 Å². The van der Waals surface area contributed by atoms with Crippen molar-refractivity contribution in [2.24, 2.45) is 5.41 Å². The Hall–Kier alpha value is -5.94. The first-order valence-corrected chi connectivity index (χ1v) is 23.5. The molecule has 342 valence electrons. The molecule has 3 amide bonds. The third-order valence-corrected chi connectivity index (χ3v) is 13.6. The van der Waals surface area contributed by atoms with Crippen molar-refractivity contribution >= 4 is 57.1 Å². The number of nitrogens with zero attached hydrogens (tertiary/aromatic N) is 4. The molecule has 0 unspecified atom stereocenters. The maximum absolute atomic E-state index is 14.2. The van der Waals surface area contributed by atoms with Gasteiger partial charge in [-0.2, -0.15) is 0 Å². The molecular weight excluding hydrogens is 861 g/mol. The fourth-order valence-electron chi connectivity index (χ4n) is 8.05. The molecule has 0 spiro atoms. The van der Waals surface area contributed by atoms with Crippen LogP contribution in [-0.2, 0) is 27.5 Å². The van der Waals surface area contributed by atoms with E-state index in [0.29, 0.717) is 28.7 Å². The van der Waals surface area contributed by atoms with Gasteiger partial charge < -0.3 is 40.7 Å². The maximum Gasteiger partial charge on any atom is 0.246 e. The summed E-state index contributed by atoms with van der Waals surface area (Å²) in [6.07, 6.45) is -0.852. The minimum Gasteiger partial charge on any atom is -0.493 e. The lowest BCUT2D eigenvalue weighted by atomic mass is 9.85. The van der Waals surface area contributed by atoms with Crippen molar-refractivity contribution in [3.05, 3.63) is 105 Å². The van der Waals surface area contributed by atoms with E-state index in [-0.39, 0.29) is 44.5 Å². The Morgan fingerprint density at radius 3 is 2.45 bits per heavy atom. The van der Waals surface area contributed by atoms with E-state index >= 15 is 0 Å². The Bertz CT molecular complexity index is 2640. The van der Waals surface area contributed by atoms with Gasteiger partial charge in [-0.3, -0.25) is 14.4 Å². The lowest BCUT2D eigenvalue weighted by Gasteiger charge is -2.35. The van der Waals surface area contributed by atoms with Crippen LogP contribution in [0.1, 0.15) is 74.1 Å². The molecular formula is C49H58N8O6S2. The van der Waals surface area contributed by atoms with Gasteiger partial charge in [0.15, 0.2) is 11.5 Å². The molecule has 6 aromatic rings. The highest BCUT2D eigenvalue weighted by Crippen LogP contribution is 2.37. The molecule has 0 radical (unpaired) electrons. The number of hydrogen-bond acceptors (Lipinski definition) is 13. The topological polar surface area (TPSA) is 180 Å².